The standard InChI is InChI=1S/C21H19N5O4/c1-30-14-8-6-13(7-9-14)19-23-17(24-25-19)12-22-18(27)10-11-26-20(28)15-4-2-3-5-16(15)21(26)29/h2-9H,10-12H2,1H3,(H,22,27)(H,23,24,25). The first-order valence-corrected chi connectivity index (χ1v) is 9.34. The molecule has 2 aromatic carbocycles. The second kappa shape index (κ2) is 8.16. The number of hydrogen-bond donors (Lipinski definition) is 2. The number of carbonyl (C=O) groups is 3. The van der Waals surface area contributed by atoms with Crippen LogP contribution in [0.4, 0.5) is 0 Å². The van der Waals surface area contributed by atoms with Gasteiger partial charge in [-0.15, -0.1) is 0 Å². The summed E-state index contributed by atoms with van der Waals surface area (Å²) in [4.78, 5) is 42.3. The average Bonchev–Trinajstić information content (AvgIpc) is 3.35. The van der Waals surface area contributed by atoms with Gasteiger partial charge in [0, 0.05) is 18.5 Å². The summed E-state index contributed by atoms with van der Waals surface area (Å²) in [6.45, 7) is 0.176. The number of hydrogen-bond acceptors (Lipinski definition) is 6. The summed E-state index contributed by atoms with van der Waals surface area (Å²) < 4.78 is 5.12. The zero-order chi connectivity index (χ0) is 21.1. The molecule has 0 bridgehead atoms. The Balaban J connectivity index is 1.29. The third-order valence-corrected chi connectivity index (χ3v) is 4.77. The smallest absolute Gasteiger partial charge is 0.261 e. The van der Waals surface area contributed by atoms with Crippen LogP contribution in [0.2, 0.25) is 0 Å². The molecule has 9 nitrogen and oxygen atoms in total. The molecule has 0 spiro atoms. The maximum atomic E-state index is 12.3. The number of imide groups is 1. The molecule has 1 aliphatic rings. The van der Waals surface area contributed by atoms with Gasteiger partial charge in [0.05, 0.1) is 24.8 Å². The Morgan fingerprint density at radius 1 is 1.07 bits per heavy atom. The maximum absolute atomic E-state index is 12.3. The Morgan fingerprint density at radius 3 is 2.37 bits per heavy atom. The van der Waals surface area contributed by atoms with E-state index in [9.17, 15) is 14.4 Å². The van der Waals surface area contributed by atoms with Gasteiger partial charge in [-0.2, -0.15) is 5.10 Å². The van der Waals surface area contributed by atoms with Crippen molar-refractivity contribution in [3.63, 3.8) is 0 Å². The molecule has 152 valence electrons. The van der Waals surface area contributed by atoms with Gasteiger partial charge in [0.2, 0.25) is 5.91 Å². The highest BCUT2D eigenvalue weighted by Crippen LogP contribution is 2.22. The molecule has 1 aliphatic heterocycles. The van der Waals surface area contributed by atoms with E-state index < -0.39 is 0 Å². The SMILES string of the molecule is COc1ccc(-c2n[nH]c(CNC(=O)CCN3C(=O)c4ccccc4C3=O)n2)cc1. The number of H-pyrrole nitrogens is 1. The van der Waals surface area contributed by atoms with Crippen molar-refractivity contribution in [3.8, 4) is 17.1 Å². The van der Waals surface area contributed by atoms with E-state index in [2.05, 4.69) is 20.5 Å². The number of nitrogens with zero attached hydrogens (tertiary/aromatic N) is 3. The number of fused-ring (bicyclic) bond motifs is 1. The van der Waals surface area contributed by atoms with Gasteiger partial charge in [0.25, 0.3) is 11.8 Å². The van der Waals surface area contributed by atoms with Gasteiger partial charge in [0.15, 0.2) is 5.82 Å². The molecular weight excluding hydrogens is 386 g/mol. The van der Waals surface area contributed by atoms with Crippen molar-refractivity contribution in [1.82, 2.24) is 25.4 Å². The van der Waals surface area contributed by atoms with Crippen molar-refractivity contribution < 1.29 is 19.1 Å². The van der Waals surface area contributed by atoms with Gasteiger partial charge in [-0.3, -0.25) is 24.4 Å². The predicted molar refractivity (Wildman–Crippen MR) is 107 cm³/mol. The number of carbonyl (C=O) groups excluding carboxylic acids is 3. The minimum Gasteiger partial charge on any atom is -0.497 e. The first kappa shape index (κ1) is 19.3. The fourth-order valence-electron chi connectivity index (χ4n) is 3.17. The zero-order valence-electron chi connectivity index (χ0n) is 16.2. The van der Waals surface area contributed by atoms with Gasteiger partial charge < -0.3 is 10.1 Å². The number of aromatic amines is 1. The maximum Gasteiger partial charge on any atom is 0.261 e. The molecule has 0 atom stereocenters. The van der Waals surface area contributed by atoms with E-state index in [0.717, 1.165) is 16.2 Å². The third-order valence-electron chi connectivity index (χ3n) is 4.77. The number of methoxy groups -OCH3 is 1. The summed E-state index contributed by atoms with van der Waals surface area (Å²) in [5.41, 5.74) is 1.56. The third kappa shape index (κ3) is 3.77. The van der Waals surface area contributed by atoms with Crippen LogP contribution >= 0.6 is 0 Å². The van der Waals surface area contributed by atoms with Crippen LogP contribution in [0.25, 0.3) is 11.4 Å². The fraction of sp³-hybridized carbons (Fsp3) is 0.190. The molecule has 3 amide bonds. The Bertz CT molecular complexity index is 1070. The average molecular weight is 405 g/mol. The molecule has 0 fully saturated rings. The largest absolute Gasteiger partial charge is 0.497 e. The topological polar surface area (TPSA) is 117 Å². The lowest BCUT2D eigenvalue weighted by Crippen LogP contribution is -2.34. The van der Waals surface area contributed by atoms with E-state index in [0.29, 0.717) is 22.8 Å². The summed E-state index contributed by atoms with van der Waals surface area (Å²) in [7, 11) is 1.59. The van der Waals surface area contributed by atoms with Gasteiger partial charge >= 0.3 is 0 Å². The van der Waals surface area contributed by atoms with Crippen LogP contribution in [-0.2, 0) is 11.3 Å². The Morgan fingerprint density at radius 2 is 1.73 bits per heavy atom. The minimum atomic E-state index is -0.372. The highest BCUT2D eigenvalue weighted by Gasteiger charge is 2.34. The number of benzene rings is 2. The lowest BCUT2D eigenvalue weighted by Gasteiger charge is -2.13. The summed E-state index contributed by atoms with van der Waals surface area (Å²) in [5, 5.41) is 9.65. The van der Waals surface area contributed by atoms with Crippen molar-refractivity contribution >= 4 is 17.7 Å². The van der Waals surface area contributed by atoms with Gasteiger partial charge in [-0.25, -0.2) is 4.98 Å². The first-order valence-electron chi connectivity index (χ1n) is 9.34. The summed E-state index contributed by atoms with van der Waals surface area (Å²) in [6, 6.07) is 13.9. The van der Waals surface area contributed by atoms with Gasteiger partial charge in [-0.1, -0.05) is 12.1 Å². The van der Waals surface area contributed by atoms with Crippen LogP contribution in [0.5, 0.6) is 5.75 Å². The minimum absolute atomic E-state index is 0.00490. The second-order valence-electron chi connectivity index (χ2n) is 6.67. The molecular formula is C21H19N5O4. The van der Waals surface area contributed by atoms with Crippen LogP contribution in [0.1, 0.15) is 33.0 Å². The Hall–Kier alpha value is -4.01. The summed E-state index contributed by atoms with van der Waals surface area (Å²) in [6.07, 6.45) is 0.00490. The molecule has 3 aromatic rings. The molecule has 30 heavy (non-hydrogen) atoms. The van der Waals surface area contributed by atoms with E-state index >= 15 is 0 Å². The van der Waals surface area contributed by atoms with E-state index in [1.165, 1.54) is 0 Å². The van der Waals surface area contributed by atoms with Crippen LogP contribution < -0.4 is 10.1 Å². The van der Waals surface area contributed by atoms with Crippen LogP contribution in [0.15, 0.2) is 48.5 Å². The Kier molecular flexibility index (Phi) is 5.25. The van der Waals surface area contributed by atoms with Crippen molar-refractivity contribution in [2.75, 3.05) is 13.7 Å². The zero-order valence-corrected chi connectivity index (χ0v) is 16.2. The van der Waals surface area contributed by atoms with Crippen molar-refractivity contribution in [1.29, 1.82) is 0 Å². The first-order chi connectivity index (χ1) is 14.6. The number of nitrogens with one attached hydrogen (secondary N) is 2. The van der Waals surface area contributed by atoms with Crippen LogP contribution in [0.3, 0.4) is 0 Å². The molecule has 2 N–H and O–H groups in total. The lowest BCUT2D eigenvalue weighted by atomic mass is 10.1. The summed E-state index contributed by atoms with van der Waals surface area (Å²) >= 11 is 0. The molecule has 0 radical (unpaired) electrons. The van der Waals surface area contributed by atoms with E-state index in [1.807, 2.05) is 24.3 Å². The molecule has 9 heteroatoms. The number of amides is 3. The van der Waals surface area contributed by atoms with Crippen LogP contribution in [-0.4, -0.2) is 51.5 Å². The van der Waals surface area contributed by atoms with E-state index in [4.69, 9.17) is 4.74 Å². The quantitative estimate of drug-likeness (QED) is 0.579. The van der Waals surface area contributed by atoms with Gasteiger partial charge in [-0.05, 0) is 36.4 Å². The molecule has 0 unspecified atom stereocenters. The van der Waals surface area contributed by atoms with Crippen molar-refractivity contribution in [2.45, 2.75) is 13.0 Å². The fourth-order valence-corrected chi connectivity index (χ4v) is 3.17. The molecule has 4 rings (SSSR count). The van der Waals surface area contributed by atoms with E-state index in [1.54, 1.807) is 31.4 Å². The van der Waals surface area contributed by atoms with Crippen molar-refractivity contribution in [3.05, 3.63) is 65.5 Å². The van der Waals surface area contributed by atoms with Gasteiger partial charge in [0.1, 0.15) is 11.6 Å². The van der Waals surface area contributed by atoms with Crippen LogP contribution in [0, 0.1) is 0 Å². The molecule has 0 aliphatic carbocycles. The normalized spacial score (nSPS) is 12.8. The van der Waals surface area contributed by atoms with Crippen molar-refractivity contribution in [2.24, 2.45) is 0 Å². The monoisotopic (exact) mass is 405 g/mol. The Labute approximate surface area is 172 Å². The highest BCUT2D eigenvalue weighted by molar-refractivity contribution is 6.21. The number of aromatic nitrogens is 3. The van der Waals surface area contributed by atoms with E-state index in [-0.39, 0.29) is 37.2 Å². The molecule has 2 heterocycles. The number of ether oxygens (including phenoxy) is 1. The predicted octanol–water partition coefficient (Wildman–Crippen LogP) is 1.78. The molecule has 0 saturated carbocycles. The number of rotatable bonds is 7. The second-order valence-corrected chi connectivity index (χ2v) is 6.67. The molecule has 0 saturated heterocycles. The lowest BCUT2D eigenvalue weighted by molar-refractivity contribution is -0.121. The molecule has 1 aromatic heterocycles. The highest BCUT2D eigenvalue weighted by atomic mass is 16.5. The summed E-state index contributed by atoms with van der Waals surface area (Å²) in [5.74, 6) is 0.696.